The lowest BCUT2D eigenvalue weighted by atomic mass is 10.0. The Bertz CT molecular complexity index is 449. The van der Waals surface area contributed by atoms with Gasteiger partial charge < -0.3 is 9.47 Å². The number of allylic oxidation sites excluding steroid dienone is 2. The molecule has 1 heterocycles. The molecule has 2 nitrogen and oxygen atoms in total. The molecule has 0 aliphatic carbocycles. The Labute approximate surface area is 141 Å². The quantitative estimate of drug-likeness (QED) is 0.264. The molecule has 2 heteroatoms. The molecule has 1 saturated heterocycles. The summed E-state index contributed by atoms with van der Waals surface area (Å²) in [6.45, 7) is 3.74. The Morgan fingerprint density at radius 3 is 2.65 bits per heavy atom. The summed E-state index contributed by atoms with van der Waals surface area (Å²) >= 11 is 0. The van der Waals surface area contributed by atoms with Gasteiger partial charge in [0.15, 0.2) is 0 Å². The van der Waals surface area contributed by atoms with Crippen LogP contribution in [-0.2, 0) is 11.2 Å². The minimum absolute atomic E-state index is 0.330. The minimum Gasteiger partial charge on any atom is -0.491 e. The lowest BCUT2D eigenvalue weighted by Crippen LogP contribution is -2.04. The minimum atomic E-state index is 0.330. The number of epoxide rings is 1. The number of benzene rings is 1. The second-order valence-electron chi connectivity index (χ2n) is 6.45. The lowest BCUT2D eigenvalue weighted by molar-refractivity contribution is 0.263. The molecule has 1 atom stereocenters. The van der Waals surface area contributed by atoms with Crippen LogP contribution in [0.1, 0.15) is 63.9 Å². The number of ether oxygens (including phenoxy) is 2. The fourth-order valence-corrected chi connectivity index (χ4v) is 2.73. The monoisotopic (exact) mass is 316 g/mol. The van der Waals surface area contributed by atoms with Crippen LogP contribution in [0.15, 0.2) is 36.4 Å². The lowest BCUT2D eigenvalue weighted by Gasteiger charge is -2.07. The van der Waals surface area contributed by atoms with Crippen LogP contribution in [0, 0.1) is 0 Å². The highest BCUT2D eigenvalue weighted by atomic mass is 16.6. The highest BCUT2D eigenvalue weighted by molar-refractivity contribution is 5.28. The van der Waals surface area contributed by atoms with Crippen LogP contribution in [0.2, 0.25) is 0 Å². The fraction of sp³-hybridized carbons (Fsp3) is 0.619. The van der Waals surface area contributed by atoms with Crippen molar-refractivity contribution in [2.45, 2.75) is 70.8 Å². The summed E-state index contributed by atoms with van der Waals surface area (Å²) in [7, 11) is 0. The maximum atomic E-state index is 5.74. The molecule has 0 spiro atoms. The standard InChI is InChI=1S/C21H32O2/c1-2-3-4-5-6-7-8-9-10-11-13-19-14-12-15-20(16-19)22-17-21-18-23-21/h3-4,12,14-16,21H,2,5-11,13,17-18H2,1H3/b4-3+. The second kappa shape index (κ2) is 11.3. The Morgan fingerprint density at radius 1 is 1.09 bits per heavy atom. The first-order valence-electron chi connectivity index (χ1n) is 9.37. The summed E-state index contributed by atoms with van der Waals surface area (Å²) in [5, 5.41) is 0. The van der Waals surface area contributed by atoms with E-state index in [4.69, 9.17) is 9.47 Å². The SMILES string of the molecule is CC/C=C/CCCCCCCCc1cccc(OCC2CO2)c1. The molecular formula is C21H32O2. The van der Waals surface area contributed by atoms with Gasteiger partial charge in [0.1, 0.15) is 18.5 Å². The molecule has 1 aromatic rings. The van der Waals surface area contributed by atoms with Gasteiger partial charge in [-0.05, 0) is 49.8 Å². The van der Waals surface area contributed by atoms with Gasteiger partial charge in [0.05, 0.1) is 6.61 Å². The predicted molar refractivity (Wildman–Crippen MR) is 97.1 cm³/mol. The summed E-state index contributed by atoms with van der Waals surface area (Å²) in [4.78, 5) is 0. The molecule has 128 valence electrons. The largest absolute Gasteiger partial charge is 0.491 e. The Morgan fingerprint density at radius 2 is 1.87 bits per heavy atom. The molecule has 1 unspecified atom stereocenters. The third-order valence-electron chi connectivity index (χ3n) is 4.23. The van der Waals surface area contributed by atoms with E-state index in [1.54, 1.807) is 0 Å². The zero-order valence-corrected chi connectivity index (χ0v) is 14.6. The van der Waals surface area contributed by atoms with Crippen LogP contribution >= 0.6 is 0 Å². The summed E-state index contributed by atoms with van der Waals surface area (Å²) < 4.78 is 10.9. The molecule has 23 heavy (non-hydrogen) atoms. The van der Waals surface area contributed by atoms with Crippen molar-refractivity contribution >= 4 is 0 Å². The van der Waals surface area contributed by atoms with Crippen molar-refractivity contribution in [1.82, 2.24) is 0 Å². The first kappa shape index (κ1) is 18.1. The Balaban J connectivity index is 1.48. The van der Waals surface area contributed by atoms with E-state index in [0.717, 1.165) is 18.8 Å². The zero-order chi connectivity index (χ0) is 16.2. The van der Waals surface area contributed by atoms with Gasteiger partial charge >= 0.3 is 0 Å². The molecule has 0 amide bonds. The van der Waals surface area contributed by atoms with E-state index in [1.807, 2.05) is 6.07 Å². The number of unbranched alkanes of at least 4 members (excludes halogenated alkanes) is 6. The van der Waals surface area contributed by atoms with Crippen LogP contribution < -0.4 is 4.74 Å². The number of aryl methyl sites for hydroxylation is 1. The molecule has 1 fully saturated rings. The third kappa shape index (κ3) is 8.80. The number of hydrogen-bond donors (Lipinski definition) is 0. The van der Waals surface area contributed by atoms with Gasteiger partial charge in [-0.25, -0.2) is 0 Å². The van der Waals surface area contributed by atoms with Gasteiger partial charge in [-0.3, -0.25) is 0 Å². The Kier molecular flexibility index (Phi) is 8.86. The summed E-state index contributed by atoms with van der Waals surface area (Å²) in [5.74, 6) is 0.984. The number of hydrogen-bond acceptors (Lipinski definition) is 2. The van der Waals surface area contributed by atoms with E-state index in [-0.39, 0.29) is 0 Å². The summed E-state index contributed by atoms with van der Waals surface area (Å²) in [5.41, 5.74) is 1.39. The van der Waals surface area contributed by atoms with Crippen LogP contribution in [0.3, 0.4) is 0 Å². The van der Waals surface area contributed by atoms with Crippen LogP contribution in [0.25, 0.3) is 0 Å². The molecular weight excluding hydrogens is 284 g/mol. The van der Waals surface area contributed by atoms with Crippen LogP contribution in [-0.4, -0.2) is 19.3 Å². The molecule has 2 rings (SSSR count). The molecule has 1 aliphatic heterocycles. The van der Waals surface area contributed by atoms with Crippen molar-refractivity contribution in [2.75, 3.05) is 13.2 Å². The van der Waals surface area contributed by atoms with Crippen molar-refractivity contribution in [3.63, 3.8) is 0 Å². The van der Waals surface area contributed by atoms with Crippen molar-refractivity contribution in [3.05, 3.63) is 42.0 Å². The molecule has 0 N–H and O–H groups in total. The van der Waals surface area contributed by atoms with Gasteiger partial charge in [0.25, 0.3) is 0 Å². The number of rotatable bonds is 13. The van der Waals surface area contributed by atoms with Crippen LogP contribution in [0.5, 0.6) is 5.75 Å². The van der Waals surface area contributed by atoms with Crippen molar-refractivity contribution in [1.29, 1.82) is 0 Å². The second-order valence-corrected chi connectivity index (χ2v) is 6.45. The average Bonchev–Trinajstić information content (AvgIpc) is 3.39. The van der Waals surface area contributed by atoms with Gasteiger partial charge in [-0.15, -0.1) is 0 Å². The normalized spacial score (nSPS) is 16.8. The maximum Gasteiger partial charge on any atom is 0.119 e. The zero-order valence-electron chi connectivity index (χ0n) is 14.6. The van der Waals surface area contributed by atoms with Crippen LogP contribution in [0.4, 0.5) is 0 Å². The van der Waals surface area contributed by atoms with E-state index >= 15 is 0 Å². The maximum absolute atomic E-state index is 5.74. The molecule has 1 aromatic carbocycles. The van der Waals surface area contributed by atoms with Gasteiger partial charge in [0.2, 0.25) is 0 Å². The van der Waals surface area contributed by atoms with Crippen molar-refractivity contribution in [2.24, 2.45) is 0 Å². The topological polar surface area (TPSA) is 21.8 Å². The van der Waals surface area contributed by atoms with E-state index < -0.39 is 0 Å². The van der Waals surface area contributed by atoms with Crippen molar-refractivity contribution in [3.8, 4) is 5.75 Å². The highest BCUT2D eigenvalue weighted by Gasteiger charge is 2.22. The van der Waals surface area contributed by atoms with E-state index in [0.29, 0.717) is 12.7 Å². The Hall–Kier alpha value is -1.28. The summed E-state index contributed by atoms with van der Waals surface area (Å²) in [6, 6.07) is 8.53. The first-order chi connectivity index (χ1) is 11.4. The molecule has 0 saturated carbocycles. The molecule has 0 aromatic heterocycles. The highest BCUT2D eigenvalue weighted by Crippen LogP contribution is 2.18. The predicted octanol–water partition coefficient (Wildman–Crippen LogP) is 5.70. The third-order valence-corrected chi connectivity index (χ3v) is 4.23. The van der Waals surface area contributed by atoms with Crippen molar-refractivity contribution < 1.29 is 9.47 Å². The first-order valence-corrected chi connectivity index (χ1v) is 9.37. The van der Waals surface area contributed by atoms with E-state index in [1.165, 1.54) is 56.9 Å². The van der Waals surface area contributed by atoms with Gasteiger partial charge in [-0.2, -0.15) is 0 Å². The molecule has 0 bridgehead atoms. The van der Waals surface area contributed by atoms with Gasteiger partial charge in [0, 0.05) is 0 Å². The molecule has 0 radical (unpaired) electrons. The van der Waals surface area contributed by atoms with Gasteiger partial charge in [-0.1, -0.05) is 56.9 Å². The summed E-state index contributed by atoms with van der Waals surface area (Å²) in [6.07, 6.45) is 16.6. The average molecular weight is 316 g/mol. The van der Waals surface area contributed by atoms with E-state index in [9.17, 15) is 0 Å². The smallest absolute Gasteiger partial charge is 0.119 e. The molecule has 1 aliphatic rings. The fourth-order valence-electron chi connectivity index (χ4n) is 2.73. The van der Waals surface area contributed by atoms with E-state index in [2.05, 4.69) is 37.3 Å².